The Morgan fingerprint density at radius 1 is 0.967 bits per heavy atom. The molecule has 0 radical (unpaired) electrons. The van der Waals surface area contributed by atoms with Crippen LogP contribution < -0.4 is 20.0 Å². The summed E-state index contributed by atoms with van der Waals surface area (Å²) in [6, 6.07) is 14.2. The molecule has 0 unspecified atom stereocenters. The molecule has 4 rings (SSSR count). The zero-order valence-corrected chi connectivity index (χ0v) is 19.1. The first-order valence-corrected chi connectivity index (χ1v) is 10.8. The van der Waals surface area contributed by atoms with Crippen LogP contribution in [0, 0.1) is 6.92 Å². The molecule has 8 heteroatoms. The van der Waals surface area contributed by atoms with Gasteiger partial charge in [-0.3, -0.25) is 0 Å². The Bertz CT molecular complexity index is 1000. The van der Waals surface area contributed by atoms with Gasteiger partial charge in [-0.15, -0.1) is 0 Å². The average molecular weight is 468 g/mol. The number of pyridine rings is 1. The third kappa shape index (κ3) is 4.64. The number of rotatable bonds is 5. The van der Waals surface area contributed by atoms with Gasteiger partial charge in [-0.05, 0) is 42.8 Å². The minimum Gasteiger partial charge on any atom is -0.363 e. The summed E-state index contributed by atoms with van der Waals surface area (Å²) in [7, 11) is 4.00. The predicted octanol–water partition coefficient (Wildman–Crippen LogP) is 4.08. The highest BCUT2D eigenvalue weighted by Gasteiger charge is 2.21. The van der Waals surface area contributed by atoms with E-state index in [1.54, 1.807) is 0 Å². The van der Waals surface area contributed by atoms with Gasteiger partial charge in [0.1, 0.15) is 17.5 Å². The topological polar surface area (TPSA) is 60.4 Å². The second-order valence-electron chi connectivity index (χ2n) is 7.55. The van der Waals surface area contributed by atoms with Gasteiger partial charge in [-0.1, -0.05) is 22.0 Å². The van der Waals surface area contributed by atoms with Crippen LogP contribution in [0.4, 0.5) is 29.1 Å². The summed E-state index contributed by atoms with van der Waals surface area (Å²) in [5.41, 5.74) is 2.19. The van der Waals surface area contributed by atoms with Crippen molar-refractivity contribution in [3.8, 4) is 0 Å². The van der Waals surface area contributed by atoms with Gasteiger partial charge < -0.3 is 20.0 Å². The van der Waals surface area contributed by atoms with Gasteiger partial charge >= 0.3 is 0 Å². The lowest BCUT2D eigenvalue weighted by Gasteiger charge is -2.35. The van der Waals surface area contributed by atoms with E-state index in [0.717, 1.165) is 65.3 Å². The molecule has 0 spiro atoms. The third-order valence-electron chi connectivity index (χ3n) is 5.15. The molecular formula is C22H26BrN7. The molecule has 156 valence electrons. The van der Waals surface area contributed by atoms with Crippen LogP contribution in [0.1, 0.15) is 5.56 Å². The number of aryl methyl sites for hydroxylation is 1. The van der Waals surface area contributed by atoms with Gasteiger partial charge in [-0.2, -0.15) is 9.97 Å². The molecule has 3 aromatic rings. The molecular weight excluding hydrogens is 442 g/mol. The van der Waals surface area contributed by atoms with Gasteiger partial charge in [0, 0.05) is 62.7 Å². The minimum atomic E-state index is 0.749. The van der Waals surface area contributed by atoms with E-state index in [4.69, 9.17) is 9.97 Å². The maximum Gasteiger partial charge on any atom is 0.229 e. The number of piperazine rings is 1. The smallest absolute Gasteiger partial charge is 0.229 e. The van der Waals surface area contributed by atoms with Crippen LogP contribution in [0.25, 0.3) is 0 Å². The summed E-state index contributed by atoms with van der Waals surface area (Å²) in [4.78, 5) is 20.6. The fourth-order valence-corrected chi connectivity index (χ4v) is 3.91. The molecule has 0 amide bonds. The summed E-state index contributed by atoms with van der Waals surface area (Å²) in [6.07, 6.45) is 1.84. The Balaban J connectivity index is 1.54. The number of hydrogen-bond donors (Lipinski definition) is 1. The van der Waals surface area contributed by atoms with E-state index in [1.165, 1.54) is 0 Å². The van der Waals surface area contributed by atoms with E-state index in [1.807, 2.05) is 49.5 Å². The van der Waals surface area contributed by atoms with Crippen molar-refractivity contribution in [2.24, 2.45) is 0 Å². The number of halogens is 1. The van der Waals surface area contributed by atoms with Crippen LogP contribution in [-0.4, -0.2) is 55.2 Å². The summed E-state index contributed by atoms with van der Waals surface area (Å²) < 4.78 is 1.06. The lowest BCUT2D eigenvalue weighted by atomic mass is 10.2. The molecule has 0 saturated carbocycles. The van der Waals surface area contributed by atoms with Crippen LogP contribution in [0.15, 0.2) is 53.1 Å². The number of aromatic nitrogens is 3. The Hall–Kier alpha value is -2.87. The van der Waals surface area contributed by atoms with Crippen LogP contribution in [0.5, 0.6) is 0 Å². The second-order valence-corrected chi connectivity index (χ2v) is 8.47. The van der Waals surface area contributed by atoms with Crippen LogP contribution in [0.3, 0.4) is 0 Å². The van der Waals surface area contributed by atoms with Gasteiger partial charge in [0.05, 0.1) is 0 Å². The summed E-state index contributed by atoms with van der Waals surface area (Å²) in [5, 5.41) is 3.46. The number of nitrogens with zero attached hydrogens (tertiary/aromatic N) is 6. The Morgan fingerprint density at radius 3 is 2.40 bits per heavy atom. The van der Waals surface area contributed by atoms with Crippen LogP contribution in [0.2, 0.25) is 0 Å². The molecule has 0 aliphatic carbocycles. The second kappa shape index (κ2) is 8.87. The largest absolute Gasteiger partial charge is 0.363 e. The molecule has 1 aromatic carbocycles. The van der Waals surface area contributed by atoms with E-state index in [9.17, 15) is 0 Å². The lowest BCUT2D eigenvalue weighted by molar-refractivity contribution is 0.635. The number of nitrogens with one attached hydrogen (secondary N) is 1. The van der Waals surface area contributed by atoms with Crippen LogP contribution in [-0.2, 0) is 0 Å². The Kier molecular flexibility index (Phi) is 6.03. The molecule has 2 aromatic heterocycles. The lowest BCUT2D eigenvalue weighted by Crippen LogP contribution is -2.47. The van der Waals surface area contributed by atoms with Crippen molar-refractivity contribution in [1.29, 1.82) is 0 Å². The van der Waals surface area contributed by atoms with E-state index in [-0.39, 0.29) is 0 Å². The number of hydrogen-bond acceptors (Lipinski definition) is 7. The first kappa shape index (κ1) is 20.4. The standard InChI is InChI=1S/C22H26BrN7/c1-16-14-17(23)7-8-18(16)25-19-15-21(28(2)3)27-22(26-19)30-12-10-29(11-13-30)20-6-4-5-9-24-20/h4-9,14-15H,10-13H2,1-3H3,(H,25,26,27). The predicted molar refractivity (Wildman–Crippen MR) is 127 cm³/mol. The highest BCUT2D eigenvalue weighted by atomic mass is 79.9. The van der Waals surface area contributed by atoms with Crippen molar-refractivity contribution >= 4 is 45.0 Å². The first-order valence-electron chi connectivity index (χ1n) is 10.00. The Labute approximate surface area is 185 Å². The van der Waals surface area contributed by atoms with Gasteiger partial charge in [0.15, 0.2) is 0 Å². The maximum atomic E-state index is 4.83. The zero-order valence-electron chi connectivity index (χ0n) is 17.5. The van der Waals surface area contributed by atoms with E-state index in [2.05, 4.69) is 61.2 Å². The van der Waals surface area contributed by atoms with Crippen molar-refractivity contribution in [3.05, 3.63) is 58.7 Å². The zero-order chi connectivity index (χ0) is 21.1. The molecule has 1 fully saturated rings. The minimum absolute atomic E-state index is 0.749. The van der Waals surface area contributed by atoms with Gasteiger partial charge in [0.25, 0.3) is 0 Å². The summed E-state index contributed by atoms with van der Waals surface area (Å²) in [5.74, 6) is 3.44. The highest BCUT2D eigenvalue weighted by Crippen LogP contribution is 2.26. The monoisotopic (exact) mass is 467 g/mol. The van der Waals surface area contributed by atoms with E-state index < -0.39 is 0 Å². The van der Waals surface area contributed by atoms with E-state index in [0.29, 0.717) is 0 Å². The fraction of sp³-hybridized carbons (Fsp3) is 0.318. The van der Waals surface area contributed by atoms with Crippen molar-refractivity contribution in [3.63, 3.8) is 0 Å². The number of benzene rings is 1. The normalized spacial score (nSPS) is 14.0. The quantitative estimate of drug-likeness (QED) is 0.606. The van der Waals surface area contributed by atoms with Crippen LogP contribution >= 0.6 is 15.9 Å². The molecule has 0 atom stereocenters. The molecule has 1 N–H and O–H groups in total. The van der Waals surface area contributed by atoms with Crippen molar-refractivity contribution in [2.75, 3.05) is 60.3 Å². The Morgan fingerprint density at radius 2 is 1.73 bits per heavy atom. The summed E-state index contributed by atoms with van der Waals surface area (Å²) in [6.45, 7) is 5.57. The van der Waals surface area contributed by atoms with Crippen molar-refractivity contribution in [1.82, 2.24) is 15.0 Å². The van der Waals surface area contributed by atoms with Crippen molar-refractivity contribution in [2.45, 2.75) is 6.92 Å². The average Bonchev–Trinajstić information content (AvgIpc) is 2.76. The fourth-order valence-electron chi connectivity index (χ4n) is 3.44. The van der Waals surface area contributed by atoms with Crippen molar-refractivity contribution < 1.29 is 0 Å². The number of anilines is 5. The molecule has 7 nitrogen and oxygen atoms in total. The highest BCUT2D eigenvalue weighted by molar-refractivity contribution is 9.10. The molecule has 1 saturated heterocycles. The SMILES string of the molecule is Cc1cc(Br)ccc1Nc1cc(N(C)C)nc(N2CCN(c3ccccn3)CC2)n1. The molecule has 1 aliphatic rings. The summed E-state index contributed by atoms with van der Waals surface area (Å²) >= 11 is 3.52. The van der Waals surface area contributed by atoms with Gasteiger partial charge in [-0.25, -0.2) is 4.98 Å². The maximum absolute atomic E-state index is 4.83. The third-order valence-corrected chi connectivity index (χ3v) is 5.64. The van der Waals surface area contributed by atoms with Gasteiger partial charge in [0.2, 0.25) is 5.95 Å². The molecule has 1 aliphatic heterocycles. The van der Waals surface area contributed by atoms with E-state index >= 15 is 0 Å². The first-order chi connectivity index (χ1) is 14.5. The molecule has 30 heavy (non-hydrogen) atoms. The molecule has 0 bridgehead atoms. The molecule has 3 heterocycles.